The van der Waals surface area contributed by atoms with E-state index >= 15 is 0 Å². The fraction of sp³-hybridized carbons (Fsp3) is 0.0625. The van der Waals surface area contributed by atoms with Crippen LogP contribution in [-0.2, 0) is 0 Å². The second-order valence-electron chi connectivity index (χ2n) is 4.62. The summed E-state index contributed by atoms with van der Waals surface area (Å²) < 4.78 is 2.23. The molecule has 0 saturated carbocycles. The summed E-state index contributed by atoms with van der Waals surface area (Å²) in [4.78, 5) is 4.56. The van der Waals surface area contributed by atoms with E-state index in [0.717, 1.165) is 5.65 Å². The van der Waals surface area contributed by atoms with Crippen molar-refractivity contribution in [2.45, 2.75) is 6.92 Å². The Morgan fingerprint density at radius 2 is 1.50 bits per heavy atom. The normalized spacial score (nSPS) is 11.6. The van der Waals surface area contributed by atoms with Crippen LogP contribution in [0.4, 0.5) is 0 Å². The first kappa shape index (κ1) is 9.66. The molecule has 4 rings (SSSR count). The van der Waals surface area contributed by atoms with Crippen LogP contribution in [-0.4, -0.2) is 9.38 Å². The maximum atomic E-state index is 4.56. The molecule has 2 aromatic carbocycles. The van der Waals surface area contributed by atoms with Crippen LogP contribution in [0.25, 0.3) is 27.3 Å². The highest BCUT2D eigenvalue weighted by atomic mass is 15.0. The van der Waals surface area contributed by atoms with Crippen LogP contribution in [0.1, 0.15) is 5.69 Å². The maximum absolute atomic E-state index is 4.56. The van der Waals surface area contributed by atoms with E-state index in [1.165, 1.54) is 27.4 Å². The molecule has 0 aliphatic heterocycles. The van der Waals surface area contributed by atoms with Gasteiger partial charge in [0, 0.05) is 22.7 Å². The van der Waals surface area contributed by atoms with Crippen molar-refractivity contribution in [3.8, 4) is 0 Å². The molecule has 2 heteroatoms. The zero-order chi connectivity index (χ0) is 12.1. The Balaban J connectivity index is 2.48. The second-order valence-corrected chi connectivity index (χ2v) is 4.62. The van der Waals surface area contributed by atoms with Crippen molar-refractivity contribution < 1.29 is 0 Å². The number of aromatic nitrogens is 2. The molecule has 4 aromatic rings. The number of rotatable bonds is 0. The Labute approximate surface area is 104 Å². The zero-order valence-electron chi connectivity index (χ0n) is 10.1. The van der Waals surface area contributed by atoms with E-state index in [1.54, 1.807) is 0 Å². The molecule has 18 heavy (non-hydrogen) atoms. The van der Waals surface area contributed by atoms with Gasteiger partial charge in [-0.25, -0.2) is 4.98 Å². The highest BCUT2D eigenvalue weighted by Gasteiger charge is 2.09. The minimum atomic E-state index is 1.04. The van der Waals surface area contributed by atoms with Crippen molar-refractivity contribution in [2.24, 2.45) is 0 Å². The number of imidazole rings is 1. The van der Waals surface area contributed by atoms with Crippen molar-refractivity contribution in [3.05, 3.63) is 60.4 Å². The van der Waals surface area contributed by atoms with Crippen molar-refractivity contribution >= 4 is 27.3 Å². The first-order valence-corrected chi connectivity index (χ1v) is 6.10. The van der Waals surface area contributed by atoms with Gasteiger partial charge >= 0.3 is 0 Å². The van der Waals surface area contributed by atoms with E-state index in [2.05, 4.69) is 64.8 Å². The van der Waals surface area contributed by atoms with E-state index in [4.69, 9.17) is 0 Å². The summed E-state index contributed by atoms with van der Waals surface area (Å²) in [5, 5.41) is 3.76. The molecule has 0 amide bonds. The number of pyridine rings is 1. The summed E-state index contributed by atoms with van der Waals surface area (Å²) in [5.74, 6) is 0. The van der Waals surface area contributed by atoms with Crippen molar-refractivity contribution in [1.29, 1.82) is 0 Å². The summed E-state index contributed by atoms with van der Waals surface area (Å²) in [5.41, 5.74) is 3.44. The molecule has 0 unspecified atom stereocenters. The largest absolute Gasteiger partial charge is 0.296 e. The van der Waals surface area contributed by atoms with Crippen molar-refractivity contribution in [2.75, 3.05) is 0 Å². The summed E-state index contributed by atoms with van der Waals surface area (Å²) in [6, 6.07) is 17.0. The summed E-state index contributed by atoms with van der Waals surface area (Å²) >= 11 is 0. The molecule has 0 atom stereocenters. The smallest absolute Gasteiger partial charge is 0.145 e. The number of benzene rings is 2. The summed E-state index contributed by atoms with van der Waals surface area (Å²) in [7, 11) is 0. The number of nitrogens with zero attached hydrogens (tertiary/aromatic N) is 2. The van der Waals surface area contributed by atoms with Crippen LogP contribution in [0.3, 0.4) is 0 Å². The van der Waals surface area contributed by atoms with E-state index in [-0.39, 0.29) is 0 Å². The van der Waals surface area contributed by atoms with Gasteiger partial charge in [0.05, 0.1) is 5.52 Å². The average Bonchev–Trinajstić information content (AvgIpc) is 2.82. The molecular formula is C16H12N2. The molecule has 0 saturated heterocycles. The van der Waals surface area contributed by atoms with Crippen molar-refractivity contribution in [3.63, 3.8) is 0 Å². The van der Waals surface area contributed by atoms with Crippen LogP contribution in [0.5, 0.6) is 0 Å². The lowest BCUT2D eigenvalue weighted by atomic mass is 10.1. The fourth-order valence-corrected chi connectivity index (χ4v) is 2.74. The fourth-order valence-electron chi connectivity index (χ4n) is 2.74. The second kappa shape index (κ2) is 3.33. The minimum Gasteiger partial charge on any atom is -0.296 e. The number of fused-ring (bicyclic) bond motifs is 6. The Bertz CT molecular complexity index is 887. The predicted octanol–water partition coefficient (Wildman–Crippen LogP) is 3.95. The van der Waals surface area contributed by atoms with E-state index in [9.17, 15) is 0 Å². The molecule has 0 spiro atoms. The molecular weight excluding hydrogens is 220 g/mol. The van der Waals surface area contributed by atoms with E-state index < -0.39 is 0 Å². The lowest BCUT2D eigenvalue weighted by Crippen LogP contribution is -1.92. The lowest BCUT2D eigenvalue weighted by molar-refractivity contribution is 1.17. The van der Waals surface area contributed by atoms with Gasteiger partial charge in [0.1, 0.15) is 5.65 Å². The SMILES string of the molecule is Cc1cnc2c3ccccc3c3ccccc3n12. The molecule has 2 heterocycles. The molecule has 0 aliphatic carbocycles. The minimum absolute atomic E-state index is 1.04. The Morgan fingerprint density at radius 1 is 0.833 bits per heavy atom. The van der Waals surface area contributed by atoms with Crippen LogP contribution in [0, 0.1) is 6.92 Å². The van der Waals surface area contributed by atoms with Gasteiger partial charge in [0.25, 0.3) is 0 Å². The topological polar surface area (TPSA) is 17.3 Å². The van der Waals surface area contributed by atoms with E-state index in [1.807, 2.05) is 6.20 Å². The first-order chi connectivity index (χ1) is 8.86. The third kappa shape index (κ3) is 1.10. The first-order valence-electron chi connectivity index (χ1n) is 6.10. The molecule has 0 radical (unpaired) electrons. The maximum Gasteiger partial charge on any atom is 0.145 e. The molecule has 2 aromatic heterocycles. The van der Waals surface area contributed by atoms with E-state index in [0.29, 0.717) is 0 Å². The van der Waals surface area contributed by atoms with Gasteiger partial charge in [-0.15, -0.1) is 0 Å². The molecule has 0 fully saturated rings. The highest BCUT2D eigenvalue weighted by Crippen LogP contribution is 2.29. The van der Waals surface area contributed by atoms with Gasteiger partial charge in [-0.3, -0.25) is 4.40 Å². The van der Waals surface area contributed by atoms with Crippen LogP contribution in [0.15, 0.2) is 54.7 Å². The molecule has 0 bridgehead atoms. The zero-order valence-corrected chi connectivity index (χ0v) is 10.1. The van der Waals surface area contributed by atoms with Gasteiger partial charge in [0.2, 0.25) is 0 Å². The van der Waals surface area contributed by atoms with Crippen molar-refractivity contribution in [1.82, 2.24) is 9.38 Å². The van der Waals surface area contributed by atoms with Crippen LogP contribution < -0.4 is 0 Å². The number of hydrogen-bond donors (Lipinski definition) is 0. The summed E-state index contributed by atoms with van der Waals surface area (Å²) in [6.45, 7) is 2.10. The average molecular weight is 232 g/mol. The van der Waals surface area contributed by atoms with Gasteiger partial charge < -0.3 is 0 Å². The molecule has 0 N–H and O–H groups in total. The Kier molecular flexibility index (Phi) is 1.78. The monoisotopic (exact) mass is 232 g/mol. The predicted molar refractivity (Wildman–Crippen MR) is 74.9 cm³/mol. The van der Waals surface area contributed by atoms with Gasteiger partial charge in [0.15, 0.2) is 0 Å². The van der Waals surface area contributed by atoms with Gasteiger partial charge in [-0.1, -0.05) is 42.5 Å². The molecule has 0 aliphatic rings. The number of aryl methyl sites for hydroxylation is 1. The van der Waals surface area contributed by atoms with Crippen LogP contribution >= 0.6 is 0 Å². The highest BCUT2D eigenvalue weighted by molar-refractivity contribution is 6.11. The number of para-hydroxylation sites is 1. The molecule has 86 valence electrons. The third-order valence-electron chi connectivity index (χ3n) is 3.54. The third-order valence-corrected chi connectivity index (χ3v) is 3.54. The van der Waals surface area contributed by atoms with Crippen LogP contribution in [0.2, 0.25) is 0 Å². The lowest BCUT2D eigenvalue weighted by Gasteiger charge is -2.08. The number of hydrogen-bond acceptors (Lipinski definition) is 1. The van der Waals surface area contributed by atoms with Gasteiger partial charge in [-0.2, -0.15) is 0 Å². The quantitative estimate of drug-likeness (QED) is 0.420. The Hall–Kier alpha value is -2.35. The summed E-state index contributed by atoms with van der Waals surface area (Å²) in [6.07, 6.45) is 1.94. The standard InChI is InChI=1S/C16H12N2/c1-11-10-17-16-14-8-3-2-6-12(14)13-7-4-5-9-15(13)18(11)16/h2-10H,1H3. The Morgan fingerprint density at radius 3 is 2.33 bits per heavy atom. The molecule has 2 nitrogen and oxygen atoms in total. The van der Waals surface area contributed by atoms with Gasteiger partial charge in [-0.05, 0) is 18.4 Å².